The predicted octanol–water partition coefficient (Wildman–Crippen LogP) is 0.464. The van der Waals surface area contributed by atoms with Gasteiger partial charge in [0.25, 0.3) is 5.56 Å². The molecular formula is C22H32N6O4. The molecule has 3 rings (SSSR count). The molecule has 0 spiro atoms. The molecule has 0 radical (unpaired) electrons. The molecule has 0 fully saturated rings. The number of hydrogen-bond acceptors (Lipinski definition) is 7. The number of aryl methyl sites for hydroxylation is 3. The summed E-state index contributed by atoms with van der Waals surface area (Å²) in [5, 5.41) is 13.9. The highest BCUT2D eigenvalue weighted by molar-refractivity contribution is 5.74. The van der Waals surface area contributed by atoms with Gasteiger partial charge in [-0.25, -0.2) is 4.79 Å². The van der Waals surface area contributed by atoms with Gasteiger partial charge in [-0.3, -0.25) is 13.9 Å². The first-order chi connectivity index (χ1) is 15.1. The fourth-order valence-electron chi connectivity index (χ4n) is 3.41. The van der Waals surface area contributed by atoms with Gasteiger partial charge in [-0.15, -0.1) is 0 Å². The van der Waals surface area contributed by atoms with Crippen molar-refractivity contribution in [2.75, 3.05) is 39.1 Å². The fraction of sp³-hybridized carbons (Fsp3) is 0.500. The first-order valence-corrected chi connectivity index (χ1v) is 10.5. The van der Waals surface area contributed by atoms with Gasteiger partial charge < -0.3 is 24.6 Å². The van der Waals surface area contributed by atoms with Crippen molar-refractivity contribution in [1.29, 1.82) is 0 Å². The minimum absolute atomic E-state index is 0.0470. The van der Waals surface area contributed by atoms with Crippen molar-refractivity contribution in [3.63, 3.8) is 0 Å². The van der Waals surface area contributed by atoms with Crippen LogP contribution in [0.25, 0.3) is 11.2 Å². The van der Waals surface area contributed by atoms with Gasteiger partial charge in [0.1, 0.15) is 18.5 Å². The third-order valence-electron chi connectivity index (χ3n) is 5.50. The number of benzene rings is 1. The highest BCUT2D eigenvalue weighted by Crippen LogP contribution is 2.19. The Morgan fingerprint density at radius 3 is 2.53 bits per heavy atom. The standard InChI is InChI=1S/C22H32N6O4/c1-14-7-8-17(11-15(14)2)32-13-16(29)12-28-18-19(24-21(28)23-9-10-25(3)4)26(5)22(31)27(6)20(18)30/h7-8,11,16,29H,9-10,12-13H2,1-6H3,(H,23,24). The molecule has 1 atom stereocenters. The van der Waals surface area contributed by atoms with Crippen LogP contribution in [0.5, 0.6) is 5.75 Å². The van der Waals surface area contributed by atoms with Gasteiger partial charge in [0.15, 0.2) is 11.2 Å². The molecule has 174 valence electrons. The van der Waals surface area contributed by atoms with Crippen LogP contribution in [0.1, 0.15) is 11.1 Å². The van der Waals surface area contributed by atoms with Gasteiger partial charge in [0.2, 0.25) is 5.95 Å². The number of nitrogens with zero attached hydrogens (tertiary/aromatic N) is 5. The number of aliphatic hydroxyl groups is 1. The van der Waals surface area contributed by atoms with E-state index in [1.165, 1.54) is 11.6 Å². The maximum absolute atomic E-state index is 12.9. The zero-order valence-electron chi connectivity index (χ0n) is 19.5. The Hall–Kier alpha value is -3.11. The zero-order valence-corrected chi connectivity index (χ0v) is 19.5. The predicted molar refractivity (Wildman–Crippen MR) is 125 cm³/mol. The number of aliphatic hydroxyl groups excluding tert-OH is 1. The van der Waals surface area contributed by atoms with E-state index in [1.807, 2.05) is 51.0 Å². The van der Waals surface area contributed by atoms with Crippen LogP contribution in [0.2, 0.25) is 0 Å². The highest BCUT2D eigenvalue weighted by Gasteiger charge is 2.21. The zero-order chi connectivity index (χ0) is 23.6. The van der Waals surface area contributed by atoms with Crippen molar-refractivity contribution in [3.05, 3.63) is 50.2 Å². The van der Waals surface area contributed by atoms with Crippen LogP contribution in [-0.2, 0) is 20.6 Å². The molecule has 0 saturated carbocycles. The van der Waals surface area contributed by atoms with Gasteiger partial charge >= 0.3 is 5.69 Å². The van der Waals surface area contributed by atoms with Crippen molar-refractivity contribution >= 4 is 17.1 Å². The quantitative estimate of drug-likeness (QED) is 0.494. The number of imidazole rings is 1. The summed E-state index contributed by atoms with van der Waals surface area (Å²) in [6.45, 7) is 5.49. The summed E-state index contributed by atoms with van der Waals surface area (Å²) in [4.78, 5) is 31.7. The molecule has 0 aliphatic carbocycles. The number of hydrogen-bond donors (Lipinski definition) is 2. The minimum Gasteiger partial charge on any atom is -0.491 e. The Morgan fingerprint density at radius 2 is 1.88 bits per heavy atom. The second-order valence-corrected chi connectivity index (χ2v) is 8.36. The topological polar surface area (TPSA) is 107 Å². The van der Waals surface area contributed by atoms with Crippen molar-refractivity contribution in [3.8, 4) is 5.75 Å². The van der Waals surface area contributed by atoms with Gasteiger partial charge in [-0.05, 0) is 51.2 Å². The Labute approximate surface area is 186 Å². The molecule has 0 saturated heterocycles. The Kier molecular flexibility index (Phi) is 7.05. The summed E-state index contributed by atoms with van der Waals surface area (Å²) in [5.74, 6) is 1.09. The SMILES string of the molecule is Cc1ccc(OCC(O)Cn2c(NCCN(C)C)nc3c2c(=O)n(C)c(=O)n3C)cc1C. The fourth-order valence-corrected chi connectivity index (χ4v) is 3.41. The number of likely N-dealkylation sites (N-methyl/N-ethyl adjacent to an activating group) is 1. The normalized spacial score (nSPS) is 12.5. The van der Waals surface area contributed by atoms with Crippen LogP contribution in [-0.4, -0.2) is 68.6 Å². The number of anilines is 1. The first kappa shape index (κ1) is 23.6. The number of fused-ring (bicyclic) bond motifs is 1. The number of rotatable bonds is 9. The van der Waals surface area contributed by atoms with Crippen LogP contribution >= 0.6 is 0 Å². The molecule has 32 heavy (non-hydrogen) atoms. The molecule has 10 heteroatoms. The lowest BCUT2D eigenvalue weighted by Crippen LogP contribution is -2.38. The van der Waals surface area contributed by atoms with E-state index >= 15 is 0 Å². The summed E-state index contributed by atoms with van der Waals surface area (Å²) in [6, 6.07) is 5.76. The maximum atomic E-state index is 12.9. The van der Waals surface area contributed by atoms with Crippen molar-refractivity contribution < 1.29 is 9.84 Å². The van der Waals surface area contributed by atoms with Crippen LogP contribution in [0.4, 0.5) is 5.95 Å². The monoisotopic (exact) mass is 444 g/mol. The van der Waals surface area contributed by atoms with Crippen LogP contribution in [0.15, 0.2) is 27.8 Å². The van der Waals surface area contributed by atoms with E-state index in [2.05, 4.69) is 10.3 Å². The molecule has 3 aromatic rings. The molecule has 0 amide bonds. The van der Waals surface area contributed by atoms with E-state index < -0.39 is 17.4 Å². The Bertz CT molecular complexity index is 1220. The molecule has 2 N–H and O–H groups in total. The lowest BCUT2D eigenvalue weighted by Gasteiger charge is -2.17. The second-order valence-electron chi connectivity index (χ2n) is 8.36. The lowest BCUT2D eigenvalue weighted by molar-refractivity contribution is 0.0938. The average Bonchev–Trinajstić information content (AvgIpc) is 3.09. The molecule has 1 aromatic carbocycles. The third kappa shape index (κ3) is 4.86. The molecular weight excluding hydrogens is 412 g/mol. The van der Waals surface area contributed by atoms with Crippen molar-refractivity contribution in [2.45, 2.75) is 26.5 Å². The third-order valence-corrected chi connectivity index (χ3v) is 5.50. The van der Waals surface area contributed by atoms with Crippen molar-refractivity contribution in [1.82, 2.24) is 23.6 Å². The smallest absolute Gasteiger partial charge is 0.332 e. The van der Waals surface area contributed by atoms with Gasteiger partial charge in [-0.1, -0.05) is 6.07 Å². The Morgan fingerprint density at radius 1 is 1.16 bits per heavy atom. The summed E-state index contributed by atoms with van der Waals surface area (Å²) >= 11 is 0. The van der Waals surface area contributed by atoms with Gasteiger partial charge in [0, 0.05) is 27.2 Å². The van der Waals surface area contributed by atoms with Crippen LogP contribution in [0.3, 0.4) is 0 Å². The van der Waals surface area contributed by atoms with Crippen LogP contribution in [0, 0.1) is 13.8 Å². The number of nitrogens with one attached hydrogen (secondary N) is 1. The maximum Gasteiger partial charge on any atom is 0.332 e. The Balaban J connectivity index is 1.90. The number of aromatic nitrogens is 4. The average molecular weight is 445 g/mol. The van der Waals surface area contributed by atoms with Crippen LogP contribution < -0.4 is 21.3 Å². The molecule has 0 aliphatic heterocycles. The van der Waals surface area contributed by atoms with E-state index in [-0.39, 0.29) is 24.3 Å². The molecule has 0 aliphatic rings. The summed E-state index contributed by atoms with van der Waals surface area (Å²) in [5.41, 5.74) is 1.89. The van der Waals surface area contributed by atoms with Crippen molar-refractivity contribution in [2.24, 2.45) is 14.1 Å². The molecule has 2 heterocycles. The molecule has 10 nitrogen and oxygen atoms in total. The summed E-state index contributed by atoms with van der Waals surface area (Å²) in [6.07, 6.45) is -0.898. The highest BCUT2D eigenvalue weighted by atomic mass is 16.5. The van der Waals surface area contributed by atoms with E-state index in [4.69, 9.17) is 4.74 Å². The number of ether oxygens (including phenoxy) is 1. The van der Waals surface area contributed by atoms with Gasteiger partial charge in [0.05, 0.1) is 6.54 Å². The van der Waals surface area contributed by atoms with E-state index in [0.717, 1.165) is 22.2 Å². The van der Waals surface area contributed by atoms with E-state index in [0.29, 0.717) is 18.2 Å². The van der Waals surface area contributed by atoms with E-state index in [9.17, 15) is 14.7 Å². The largest absolute Gasteiger partial charge is 0.491 e. The van der Waals surface area contributed by atoms with E-state index in [1.54, 1.807) is 11.6 Å². The minimum atomic E-state index is -0.898. The molecule has 2 aromatic heterocycles. The first-order valence-electron chi connectivity index (χ1n) is 10.5. The lowest BCUT2D eigenvalue weighted by atomic mass is 10.1. The molecule has 1 unspecified atom stereocenters. The second kappa shape index (κ2) is 9.58. The summed E-state index contributed by atoms with van der Waals surface area (Å²) in [7, 11) is 6.92. The summed E-state index contributed by atoms with van der Waals surface area (Å²) < 4.78 is 9.77. The molecule has 0 bridgehead atoms. The van der Waals surface area contributed by atoms with Gasteiger partial charge in [-0.2, -0.15) is 4.98 Å².